The Morgan fingerprint density at radius 1 is 0.818 bits per heavy atom. The molecular formula is C18H31O3P. The van der Waals surface area contributed by atoms with Gasteiger partial charge in [0, 0.05) is 15.9 Å². The second-order valence-corrected chi connectivity index (χ2v) is 13.4. The summed E-state index contributed by atoms with van der Waals surface area (Å²) in [6.07, 6.45) is 0. The monoisotopic (exact) mass is 326 g/mol. The number of aromatic hydroxyl groups is 2. The molecule has 0 saturated carbocycles. The molecule has 0 aromatic heterocycles. The number of hydrogen-bond acceptors (Lipinski definition) is 3. The van der Waals surface area contributed by atoms with Gasteiger partial charge in [-0.25, -0.2) is 0 Å². The molecule has 22 heavy (non-hydrogen) atoms. The zero-order chi connectivity index (χ0) is 17.7. The summed E-state index contributed by atoms with van der Waals surface area (Å²) in [5, 5.41) is 20.3. The minimum atomic E-state index is -3.01. The number of benzene rings is 1. The van der Waals surface area contributed by atoms with Gasteiger partial charge in [-0.3, -0.25) is 0 Å². The lowest BCUT2D eigenvalue weighted by atomic mass is 9.86. The van der Waals surface area contributed by atoms with Crippen LogP contribution in [0.3, 0.4) is 0 Å². The largest absolute Gasteiger partial charge is 0.508 e. The van der Waals surface area contributed by atoms with E-state index >= 15 is 0 Å². The van der Waals surface area contributed by atoms with Gasteiger partial charge < -0.3 is 14.8 Å². The van der Waals surface area contributed by atoms with Crippen LogP contribution in [0.1, 0.15) is 67.9 Å². The third kappa shape index (κ3) is 3.06. The summed E-state index contributed by atoms with van der Waals surface area (Å²) < 4.78 is 14.0. The van der Waals surface area contributed by atoms with Gasteiger partial charge in [0.15, 0.2) is 0 Å². The highest BCUT2D eigenvalue weighted by atomic mass is 31.2. The molecule has 0 unspecified atom stereocenters. The van der Waals surface area contributed by atoms with Crippen molar-refractivity contribution in [1.29, 1.82) is 0 Å². The molecule has 3 nitrogen and oxygen atoms in total. The quantitative estimate of drug-likeness (QED) is 0.565. The smallest absolute Gasteiger partial charge is 0.130 e. The van der Waals surface area contributed by atoms with Crippen LogP contribution in [0.4, 0.5) is 0 Å². The molecule has 0 amide bonds. The predicted octanol–water partition coefficient (Wildman–Crippen LogP) is 4.98. The zero-order valence-electron chi connectivity index (χ0n) is 15.4. The molecule has 126 valence electrons. The molecule has 0 bridgehead atoms. The molecule has 0 heterocycles. The van der Waals surface area contributed by atoms with Crippen molar-refractivity contribution in [2.45, 2.75) is 78.0 Å². The molecule has 0 fully saturated rings. The third-order valence-corrected chi connectivity index (χ3v) is 8.91. The normalized spacial score (nSPS) is 14.2. The van der Waals surface area contributed by atoms with Crippen LogP contribution >= 0.6 is 7.14 Å². The van der Waals surface area contributed by atoms with Crippen molar-refractivity contribution >= 4 is 12.4 Å². The second-order valence-electron chi connectivity index (χ2n) is 9.06. The lowest BCUT2D eigenvalue weighted by Gasteiger charge is -2.42. The van der Waals surface area contributed by atoms with Crippen LogP contribution in [0.25, 0.3) is 0 Å². The molecule has 0 radical (unpaired) electrons. The number of rotatable bonds is 1. The first kappa shape index (κ1) is 19.1. The summed E-state index contributed by atoms with van der Waals surface area (Å²) >= 11 is 0. The first-order valence-corrected chi connectivity index (χ1v) is 9.41. The summed E-state index contributed by atoms with van der Waals surface area (Å²) in [5.74, 6) is 0.102. The second kappa shape index (κ2) is 5.30. The van der Waals surface area contributed by atoms with E-state index in [0.717, 1.165) is 0 Å². The lowest BCUT2D eigenvalue weighted by molar-refractivity contribution is 0.437. The Morgan fingerprint density at radius 2 is 1.23 bits per heavy atom. The molecule has 1 aromatic carbocycles. The summed E-state index contributed by atoms with van der Waals surface area (Å²) in [5.41, 5.74) is 0.272. The lowest BCUT2D eigenvalue weighted by Crippen LogP contribution is -2.35. The molecule has 0 aliphatic heterocycles. The molecule has 4 heteroatoms. The van der Waals surface area contributed by atoms with Gasteiger partial charge in [0.25, 0.3) is 0 Å². The molecule has 1 rings (SSSR count). The van der Waals surface area contributed by atoms with Crippen molar-refractivity contribution in [2.24, 2.45) is 0 Å². The van der Waals surface area contributed by atoms with Crippen LogP contribution in [0, 0.1) is 0 Å². The Morgan fingerprint density at radius 3 is 1.55 bits per heavy atom. The van der Waals surface area contributed by atoms with Crippen molar-refractivity contribution in [3.63, 3.8) is 0 Å². The van der Waals surface area contributed by atoms with E-state index in [1.807, 2.05) is 62.3 Å². The Labute approximate surface area is 135 Å². The van der Waals surface area contributed by atoms with Gasteiger partial charge in [-0.15, -0.1) is 0 Å². The van der Waals surface area contributed by atoms with Crippen LogP contribution in [0.2, 0.25) is 0 Å². The average Bonchev–Trinajstić information content (AvgIpc) is 2.26. The Kier molecular flexibility index (Phi) is 4.60. The van der Waals surface area contributed by atoms with Crippen molar-refractivity contribution in [3.8, 4) is 11.5 Å². The van der Waals surface area contributed by atoms with Crippen LogP contribution < -0.4 is 5.30 Å². The highest BCUT2D eigenvalue weighted by Gasteiger charge is 2.49. The summed E-state index contributed by atoms with van der Waals surface area (Å²) in [6, 6.07) is 3.04. The number of phenolic OH excluding ortho intramolecular Hbond substituents is 2. The van der Waals surface area contributed by atoms with Gasteiger partial charge in [-0.05, 0) is 17.5 Å². The topological polar surface area (TPSA) is 57.5 Å². The molecule has 2 N–H and O–H groups in total. The van der Waals surface area contributed by atoms with Crippen molar-refractivity contribution < 1.29 is 14.8 Å². The molecule has 0 aliphatic rings. The van der Waals surface area contributed by atoms with Gasteiger partial charge in [0.05, 0.1) is 5.30 Å². The SMILES string of the molecule is CC(C)(C)c1cc(O)cc(P(=O)(C(C)(C)C)C(C)(C)C)c1O. The molecule has 0 saturated heterocycles. The molecular weight excluding hydrogens is 295 g/mol. The molecule has 1 aromatic rings. The van der Waals surface area contributed by atoms with Gasteiger partial charge >= 0.3 is 0 Å². The van der Waals surface area contributed by atoms with E-state index in [2.05, 4.69) is 0 Å². The third-order valence-electron chi connectivity index (χ3n) is 4.11. The molecule has 0 spiro atoms. The summed E-state index contributed by atoms with van der Waals surface area (Å²) in [7, 11) is -3.01. The standard InChI is InChI=1S/C18H31O3P/c1-16(2,3)13-10-12(19)11-14(15(13)20)22(21,17(4,5)6)18(7,8)9/h10-11,19-20H,1-9H3. The van der Waals surface area contributed by atoms with Crippen molar-refractivity contribution in [3.05, 3.63) is 17.7 Å². The Balaban J connectivity index is 3.89. The predicted molar refractivity (Wildman–Crippen MR) is 95.2 cm³/mol. The Hall–Kier alpha value is -0.950. The summed E-state index contributed by atoms with van der Waals surface area (Å²) in [4.78, 5) is 0. The van der Waals surface area contributed by atoms with E-state index in [0.29, 0.717) is 10.9 Å². The van der Waals surface area contributed by atoms with E-state index in [-0.39, 0.29) is 16.9 Å². The van der Waals surface area contributed by atoms with Crippen LogP contribution in [-0.4, -0.2) is 20.5 Å². The minimum absolute atomic E-state index is 0.0476. The van der Waals surface area contributed by atoms with Crippen LogP contribution in [0.5, 0.6) is 11.5 Å². The number of phenols is 2. The first-order valence-electron chi connectivity index (χ1n) is 7.71. The van der Waals surface area contributed by atoms with Gasteiger partial charge in [-0.1, -0.05) is 62.3 Å². The average molecular weight is 326 g/mol. The molecule has 0 aliphatic carbocycles. The van der Waals surface area contributed by atoms with E-state index in [9.17, 15) is 14.8 Å². The highest BCUT2D eigenvalue weighted by molar-refractivity contribution is 7.74. The fourth-order valence-corrected chi connectivity index (χ4v) is 7.34. The van der Waals surface area contributed by atoms with Crippen LogP contribution in [0.15, 0.2) is 12.1 Å². The van der Waals surface area contributed by atoms with E-state index in [4.69, 9.17) is 0 Å². The fourth-order valence-electron chi connectivity index (χ4n) is 3.15. The van der Waals surface area contributed by atoms with Gasteiger partial charge in [0.1, 0.15) is 18.6 Å². The van der Waals surface area contributed by atoms with Gasteiger partial charge in [0.2, 0.25) is 0 Å². The van der Waals surface area contributed by atoms with E-state index < -0.39 is 17.5 Å². The maximum atomic E-state index is 14.0. The maximum Gasteiger partial charge on any atom is 0.130 e. The fraction of sp³-hybridized carbons (Fsp3) is 0.667. The van der Waals surface area contributed by atoms with Gasteiger partial charge in [-0.2, -0.15) is 0 Å². The van der Waals surface area contributed by atoms with Crippen LogP contribution in [-0.2, 0) is 9.98 Å². The highest BCUT2D eigenvalue weighted by Crippen LogP contribution is 2.67. The molecule has 0 atom stereocenters. The van der Waals surface area contributed by atoms with Crippen molar-refractivity contribution in [1.82, 2.24) is 0 Å². The van der Waals surface area contributed by atoms with Crippen molar-refractivity contribution in [2.75, 3.05) is 0 Å². The Bertz CT molecular complexity index is 593. The zero-order valence-corrected chi connectivity index (χ0v) is 16.3. The number of hydrogen-bond donors (Lipinski definition) is 2. The summed E-state index contributed by atoms with van der Waals surface area (Å²) in [6.45, 7) is 17.5. The van der Waals surface area contributed by atoms with E-state index in [1.54, 1.807) is 6.07 Å². The van der Waals surface area contributed by atoms with E-state index in [1.165, 1.54) is 6.07 Å². The minimum Gasteiger partial charge on any atom is -0.508 e. The first-order chi connectivity index (χ1) is 9.53. The maximum absolute atomic E-state index is 14.0.